The fourth-order valence-electron chi connectivity index (χ4n) is 2.48. The van der Waals surface area contributed by atoms with Gasteiger partial charge in [-0.2, -0.15) is 10.2 Å². The van der Waals surface area contributed by atoms with E-state index in [1.165, 1.54) is 0 Å². The van der Waals surface area contributed by atoms with Crippen LogP contribution in [0.25, 0.3) is 11.5 Å². The molecule has 0 fully saturated rings. The quantitative estimate of drug-likeness (QED) is 0.425. The van der Waals surface area contributed by atoms with E-state index in [1.54, 1.807) is 40.3 Å². The highest BCUT2D eigenvalue weighted by Gasteiger charge is 2.12. The van der Waals surface area contributed by atoms with Crippen molar-refractivity contribution in [2.45, 2.75) is 6.92 Å². The maximum atomic E-state index is 6.47. The number of nitrogens with zero attached hydrogens (tertiary/aromatic N) is 7. The number of para-hydroxylation sites is 1. The van der Waals surface area contributed by atoms with Gasteiger partial charge >= 0.3 is 0 Å². The summed E-state index contributed by atoms with van der Waals surface area (Å²) in [6.45, 7) is 1.88. The van der Waals surface area contributed by atoms with Crippen LogP contribution in [0.3, 0.4) is 0 Å². The van der Waals surface area contributed by atoms with Crippen LogP contribution in [-0.4, -0.2) is 35.7 Å². The van der Waals surface area contributed by atoms with Gasteiger partial charge in [-0.25, -0.2) is 9.67 Å². The van der Waals surface area contributed by atoms with Crippen molar-refractivity contribution in [2.75, 3.05) is 5.43 Å². The number of benzene rings is 1. The zero-order chi connectivity index (χ0) is 18.6. The number of imidazole rings is 1. The van der Waals surface area contributed by atoms with Gasteiger partial charge in [0.05, 0.1) is 23.2 Å². The lowest BCUT2D eigenvalue weighted by Gasteiger charge is -2.02. The van der Waals surface area contributed by atoms with E-state index in [1.807, 2.05) is 43.3 Å². The van der Waals surface area contributed by atoms with Gasteiger partial charge in [0, 0.05) is 12.4 Å². The van der Waals surface area contributed by atoms with E-state index in [-0.39, 0.29) is 0 Å². The third kappa shape index (κ3) is 3.56. The molecule has 134 valence electrons. The fraction of sp³-hybridized carbons (Fsp3) is 0.0556. The molecule has 3 aromatic heterocycles. The van der Waals surface area contributed by atoms with E-state index in [0.29, 0.717) is 16.8 Å². The molecule has 0 saturated carbocycles. The molecule has 1 N–H and O–H groups in total. The number of nitrogens with one attached hydrogen (secondary N) is 1. The molecular formula is C18H15ClN8. The monoisotopic (exact) mass is 378 g/mol. The predicted octanol–water partition coefficient (Wildman–Crippen LogP) is 3.26. The van der Waals surface area contributed by atoms with Crippen molar-refractivity contribution in [1.29, 1.82) is 0 Å². The Kier molecular flexibility index (Phi) is 4.63. The zero-order valence-corrected chi connectivity index (χ0v) is 15.1. The molecule has 0 aliphatic rings. The number of aromatic nitrogens is 6. The van der Waals surface area contributed by atoms with Gasteiger partial charge < -0.3 is 0 Å². The van der Waals surface area contributed by atoms with Gasteiger partial charge in [-0.15, -0.1) is 10.2 Å². The third-order valence-electron chi connectivity index (χ3n) is 3.84. The van der Waals surface area contributed by atoms with Crippen LogP contribution in [0.4, 0.5) is 5.82 Å². The minimum atomic E-state index is 0.491. The van der Waals surface area contributed by atoms with Gasteiger partial charge in [-0.1, -0.05) is 29.8 Å². The summed E-state index contributed by atoms with van der Waals surface area (Å²) in [5.41, 5.74) is 5.24. The van der Waals surface area contributed by atoms with Crippen LogP contribution in [0.1, 0.15) is 11.3 Å². The van der Waals surface area contributed by atoms with Crippen molar-refractivity contribution < 1.29 is 0 Å². The summed E-state index contributed by atoms with van der Waals surface area (Å²) in [7, 11) is 0. The standard InChI is InChI=1S/C18H15ClN8/c1-13-15(18(19)27(25-13)14-5-3-2-4-6-14)11-21-22-16-7-8-17(24-23-16)26-10-9-20-12-26/h2-12H,1H3,(H,22,23)/b21-11+. The summed E-state index contributed by atoms with van der Waals surface area (Å²) in [5.74, 6) is 1.18. The Labute approximate surface area is 160 Å². The molecule has 27 heavy (non-hydrogen) atoms. The first kappa shape index (κ1) is 16.9. The molecule has 0 saturated heterocycles. The average Bonchev–Trinajstić information content (AvgIpc) is 3.33. The van der Waals surface area contributed by atoms with Crippen molar-refractivity contribution in [1.82, 2.24) is 29.5 Å². The molecule has 0 aliphatic heterocycles. The maximum Gasteiger partial charge on any atom is 0.168 e. The highest BCUT2D eigenvalue weighted by Crippen LogP contribution is 2.22. The third-order valence-corrected chi connectivity index (χ3v) is 4.20. The van der Waals surface area contributed by atoms with Gasteiger partial charge in [0.2, 0.25) is 0 Å². The molecule has 9 heteroatoms. The molecule has 0 spiro atoms. The Hall–Kier alpha value is -3.52. The number of anilines is 1. The molecular weight excluding hydrogens is 364 g/mol. The van der Waals surface area contributed by atoms with Crippen molar-refractivity contribution >= 4 is 23.6 Å². The second kappa shape index (κ2) is 7.38. The number of hydrazone groups is 1. The van der Waals surface area contributed by atoms with Crippen LogP contribution in [-0.2, 0) is 0 Å². The van der Waals surface area contributed by atoms with E-state index in [2.05, 4.69) is 30.8 Å². The van der Waals surface area contributed by atoms with Crippen molar-refractivity contribution in [3.05, 3.63) is 77.6 Å². The normalized spacial score (nSPS) is 11.2. The second-order valence-corrected chi connectivity index (χ2v) is 6.01. The van der Waals surface area contributed by atoms with E-state index < -0.39 is 0 Å². The van der Waals surface area contributed by atoms with E-state index in [9.17, 15) is 0 Å². The topological polar surface area (TPSA) is 85.8 Å². The number of rotatable bonds is 5. The summed E-state index contributed by atoms with van der Waals surface area (Å²) in [6, 6.07) is 13.3. The zero-order valence-electron chi connectivity index (χ0n) is 14.4. The number of halogens is 1. The summed E-state index contributed by atoms with van der Waals surface area (Å²) in [6.07, 6.45) is 6.75. The van der Waals surface area contributed by atoms with E-state index >= 15 is 0 Å². The molecule has 0 aliphatic carbocycles. The van der Waals surface area contributed by atoms with Crippen LogP contribution in [0.15, 0.2) is 66.3 Å². The average molecular weight is 379 g/mol. The lowest BCUT2D eigenvalue weighted by atomic mass is 10.3. The minimum Gasteiger partial charge on any atom is -0.289 e. The molecule has 4 rings (SSSR count). The Bertz CT molecular complexity index is 1050. The summed E-state index contributed by atoms with van der Waals surface area (Å²) in [5, 5.41) is 17.4. The van der Waals surface area contributed by atoms with Gasteiger partial charge in [-0.05, 0) is 31.2 Å². The Morgan fingerprint density at radius 2 is 1.96 bits per heavy atom. The first-order chi connectivity index (χ1) is 13.2. The summed E-state index contributed by atoms with van der Waals surface area (Å²) < 4.78 is 3.44. The number of hydrogen-bond donors (Lipinski definition) is 1. The van der Waals surface area contributed by atoms with E-state index in [0.717, 1.165) is 16.9 Å². The predicted molar refractivity (Wildman–Crippen MR) is 104 cm³/mol. The Balaban J connectivity index is 1.50. The van der Waals surface area contributed by atoms with Crippen molar-refractivity contribution in [2.24, 2.45) is 5.10 Å². The molecule has 0 amide bonds. The SMILES string of the molecule is Cc1nn(-c2ccccc2)c(Cl)c1/C=N/Nc1ccc(-n2ccnc2)nn1. The fourth-order valence-corrected chi connectivity index (χ4v) is 2.80. The van der Waals surface area contributed by atoms with Gasteiger partial charge in [-0.3, -0.25) is 9.99 Å². The Morgan fingerprint density at radius 1 is 1.11 bits per heavy atom. The number of aryl methyl sites for hydroxylation is 1. The van der Waals surface area contributed by atoms with Gasteiger partial charge in [0.1, 0.15) is 11.5 Å². The molecule has 0 bridgehead atoms. The van der Waals surface area contributed by atoms with Gasteiger partial charge in [0.15, 0.2) is 11.6 Å². The first-order valence-corrected chi connectivity index (χ1v) is 8.52. The Morgan fingerprint density at radius 3 is 2.67 bits per heavy atom. The maximum absolute atomic E-state index is 6.47. The van der Waals surface area contributed by atoms with Crippen LogP contribution in [0, 0.1) is 6.92 Å². The molecule has 8 nitrogen and oxygen atoms in total. The van der Waals surface area contributed by atoms with Crippen LogP contribution in [0.5, 0.6) is 0 Å². The lowest BCUT2D eigenvalue weighted by Crippen LogP contribution is -2.00. The number of hydrogen-bond acceptors (Lipinski definition) is 6. The second-order valence-electron chi connectivity index (χ2n) is 5.65. The summed E-state index contributed by atoms with van der Waals surface area (Å²) >= 11 is 6.47. The van der Waals surface area contributed by atoms with Crippen molar-refractivity contribution in [3.8, 4) is 11.5 Å². The van der Waals surface area contributed by atoms with Gasteiger partial charge in [0.25, 0.3) is 0 Å². The van der Waals surface area contributed by atoms with Crippen LogP contribution < -0.4 is 5.43 Å². The molecule has 4 aromatic rings. The highest BCUT2D eigenvalue weighted by molar-refractivity contribution is 6.32. The van der Waals surface area contributed by atoms with Crippen LogP contribution >= 0.6 is 11.6 Å². The highest BCUT2D eigenvalue weighted by atomic mass is 35.5. The smallest absolute Gasteiger partial charge is 0.168 e. The first-order valence-electron chi connectivity index (χ1n) is 8.14. The van der Waals surface area contributed by atoms with Crippen molar-refractivity contribution in [3.63, 3.8) is 0 Å². The van der Waals surface area contributed by atoms with Crippen LogP contribution in [0.2, 0.25) is 5.15 Å². The molecule has 1 aromatic carbocycles. The molecule has 0 unspecified atom stereocenters. The largest absolute Gasteiger partial charge is 0.289 e. The lowest BCUT2D eigenvalue weighted by molar-refractivity contribution is 0.863. The molecule has 0 radical (unpaired) electrons. The minimum absolute atomic E-state index is 0.491. The molecule has 3 heterocycles. The van der Waals surface area contributed by atoms with E-state index in [4.69, 9.17) is 11.6 Å². The molecule has 0 atom stereocenters. The summed E-state index contributed by atoms with van der Waals surface area (Å²) in [4.78, 5) is 3.98.